The van der Waals surface area contributed by atoms with Crippen LogP contribution >= 0.6 is 11.3 Å². The van der Waals surface area contributed by atoms with Gasteiger partial charge >= 0.3 is 0 Å². The van der Waals surface area contributed by atoms with Crippen molar-refractivity contribution < 1.29 is 14.0 Å². The topological polar surface area (TPSA) is 75.4 Å². The Morgan fingerprint density at radius 2 is 2.22 bits per heavy atom. The minimum atomic E-state index is -0.172. The number of aromatic nitrogens is 1. The van der Waals surface area contributed by atoms with Crippen LogP contribution in [0.25, 0.3) is 10.8 Å². The second kappa shape index (κ2) is 7.36. The Bertz CT molecular complexity index is 978. The van der Waals surface area contributed by atoms with Crippen LogP contribution in [0.5, 0.6) is 0 Å². The van der Waals surface area contributed by atoms with Crippen molar-refractivity contribution in [2.24, 2.45) is 0 Å². The second-order valence-corrected chi connectivity index (χ2v) is 7.37. The molecule has 3 heterocycles. The molecule has 1 aliphatic rings. The summed E-state index contributed by atoms with van der Waals surface area (Å²) in [5.74, 6) is 1.14. The van der Waals surface area contributed by atoms with Crippen molar-refractivity contribution in [3.63, 3.8) is 0 Å². The predicted octanol–water partition coefficient (Wildman–Crippen LogP) is 4.02. The average molecular weight is 381 g/mol. The van der Waals surface area contributed by atoms with E-state index in [9.17, 15) is 9.59 Å². The highest BCUT2D eigenvalue weighted by Crippen LogP contribution is 2.27. The van der Waals surface area contributed by atoms with Crippen LogP contribution in [0.15, 0.2) is 46.2 Å². The van der Waals surface area contributed by atoms with Gasteiger partial charge in [0.15, 0.2) is 0 Å². The molecule has 138 valence electrons. The molecule has 0 saturated carbocycles. The van der Waals surface area contributed by atoms with Gasteiger partial charge < -0.3 is 14.6 Å². The zero-order valence-corrected chi connectivity index (χ0v) is 15.7. The van der Waals surface area contributed by atoms with Crippen LogP contribution < -0.4 is 10.2 Å². The first-order chi connectivity index (χ1) is 13.1. The van der Waals surface area contributed by atoms with Crippen molar-refractivity contribution in [2.45, 2.75) is 26.2 Å². The predicted molar refractivity (Wildman–Crippen MR) is 105 cm³/mol. The molecule has 6 nitrogen and oxygen atoms in total. The molecule has 0 bridgehead atoms. The number of hydrogen-bond donors (Lipinski definition) is 1. The third kappa shape index (κ3) is 3.78. The number of hydrogen-bond acceptors (Lipinski definition) is 5. The van der Waals surface area contributed by atoms with Gasteiger partial charge in [-0.3, -0.25) is 9.59 Å². The standard InChI is InChI=1S/C20H19N3O3S/c1-13-16(22-20(26-13)17-7-4-10-27-17)12-18(24)21-14-5-2-6-15(11-14)23-9-3-8-19(23)25/h2,4-7,10-11H,3,8-9,12H2,1H3,(H,21,24). The lowest BCUT2D eigenvalue weighted by Gasteiger charge is -2.16. The van der Waals surface area contributed by atoms with Crippen LogP contribution in [0, 0.1) is 6.92 Å². The summed E-state index contributed by atoms with van der Waals surface area (Å²) in [4.78, 5) is 31.5. The third-order valence-electron chi connectivity index (χ3n) is 4.47. The lowest BCUT2D eigenvalue weighted by atomic mass is 10.2. The molecule has 1 fully saturated rings. The van der Waals surface area contributed by atoms with E-state index in [-0.39, 0.29) is 18.2 Å². The van der Waals surface area contributed by atoms with Crippen LogP contribution in [0.4, 0.5) is 11.4 Å². The van der Waals surface area contributed by atoms with Gasteiger partial charge in [-0.1, -0.05) is 12.1 Å². The first-order valence-corrected chi connectivity index (χ1v) is 9.68. The van der Waals surface area contributed by atoms with Crippen molar-refractivity contribution in [3.8, 4) is 10.8 Å². The van der Waals surface area contributed by atoms with Crippen LogP contribution in [-0.4, -0.2) is 23.3 Å². The molecular formula is C20H19N3O3S. The second-order valence-electron chi connectivity index (χ2n) is 6.42. The Balaban J connectivity index is 1.45. The van der Waals surface area contributed by atoms with E-state index in [1.807, 2.05) is 48.7 Å². The molecule has 1 aromatic carbocycles. The quantitative estimate of drug-likeness (QED) is 0.724. The molecule has 0 radical (unpaired) electrons. The summed E-state index contributed by atoms with van der Waals surface area (Å²) in [5.41, 5.74) is 2.10. The van der Waals surface area contributed by atoms with Crippen molar-refractivity contribution in [1.82, 2.24) is 4.98 Å². The first-order valence-electron chi connectivity index (χ1n) is 8.80. The number of oxazole rings is 1. The normalized spacial score (nSPS) is 14.0. The largest absolute Gasteiger partial charge is 0.440 e. The van der Waals surface area contributed by atoms with E-state index in [2.05, 4.69) is 10.3 Å². The Hall–Kier alpha value is -2.93. The highest BCUT2D eigenvalue weighted by Gasteiger charge is 2.22. The fourth-order valence-corrected chi connectivity index (χ4v) is 3.78. The van der Waals surface area contributed by atoms with E-state index in [4.69, 9.17) is 4.42 Å². The molecule has 0 spiro atoms. The molecule has 7 heteroatoms. The summed E-state index contributed by atoms with van der Waals surface area (Å²) in [7, 11) is 0. The molecule has 0 atom stereocenters. The summed E-state index contributed by atoms with van der Waals surface area (Å²) < 4.78 is 5.68. The van der Waals surface area contributed by atoms with Gasteiger partial charge in [0.05, 0.1) is 17.0 Å². The van der Waals surface area contributed by atoms with E-state index >= 15 is 0 Å². The highest BCUT2D eigenvalue weighted by atomic mass is 32.1. The fraction of sp³-hybridized carbons (Fsp3) is 0.250. The zero-order chi connectivity index (χ0) is 18.8. The van der Waals surface area contributed by atoms with Crippen molar-refractivity contribution in [2.75, 3.05) is 16.8 Å². The molecule has 0 aliphatic carbocycles. The van der Waals surface area contributed by atoms with Crippen molar-refractivity contribution in [3.05, 3.63) is 53.2 Å². The molecule has 1 N–H and O–H groups in total. The fourth-order valence-electron chi connectivity index (χ4n) is 3.13. The van der Waals surface area contributed by atoms with Crippen LogP contribution in [0.1, 0.15) is 24.3 Å². The third-order valence-corrected chi connectivity index (χ3v) is 5.33. The van der Waals surface area contributed by atoms with Gasteiger partial charge in [0, 0.05) is 24.3 Å². The molecule has 2 amide bonds. The number of thiophene rings is 1. The summed E-state index contributed by atoms with van der Waals surface area (Å²) in [6, 6.07) is 11.2. The van der Waals surface area contributed by atoms with Gasteiger partial charge in [0.25, 0.3) is 0 Å². The Morgan fingerprint density at radius 3 is 2.96 bits per heavy atom. The van der Waals surface area contributed by atoms with E-state index in [0.717, 1.165) is 23.5 Å². The number of carbonyl (C=O) groups excluding carboxylic acids is 2. The van der Waals surface area contributed by atoms with Gasteiger partial charge in [-0.05, 0) is 43.0 Å². The van der Waals surface area contributed by atoms with E-state index in [1.165, 1.54) is 0 Å². The lowest BCUT2D eigenvalue weighted by Crippen LogP contribution is -2.23. The van der Waals surface area contributed by atoms with E-state index in [1.54, 1.807) is 16.2 Å². The van der Waals surface area contributed by atoms with Crippen molar-refractivity contribution in [1.29, 1.82) is 0 Å². The molecule has 27 heavy (non-hydrogen) atoms. The zero-order valence-electron chi connectivity index (χ0n) is 14.9. The number of nitrogens with zero attached hydrogens (tertiary/aromatic N) is 2. The van der Waals surface area contributed by atoms with Gasteiger partial charge in [-0.15, -0.1) is 11.3 Å². The lowest BCUT2D eigenvalue weighted by molar-refractivity contribution is -0.117. The molecule has 0 unspecified atom stereocenters. The van der Waals surface area contributed by atoms with Crippen LogP contribution in [-0.2, 0) is 16.0 Å². The first kappa shape index (κ1) is 17.5. The van der Waals surface area contributed by atoms with Gasteiger partial charge in [-0.2, -0.15) is 0 Å². The maximum absolute atomic E-state index is 12.5. The van der Waals surface area contributed by atoms with Gasteiger partial charge in [0.1, 0.15) is 5.76 Å². The average Bonchev–Trinajstić information content (AvgIpc) is 3.37. The Labute approximate surface area is 160 Å². The summed E-state index contributed by atoms with van der Waals surface area (Å²) in [6.07, 6.45) is 1.58. The number of aryl methyl sites for hydroxylation is 1. The summed E-state index contributed by atoms with van der Waals surface area (Å²) >= 11 is 1.54. The number of benzene rings is 1. The molecule has 1 saturated heterocycles. The van der Waals surface area contributed by atoms with E-state index < -0.39 is 0 Å². The number of nitrogens with one attached hydrogen (secondary N) is 1. The number of carbonyl (C=O) groups is 2. The maximum atomic E-state index is 12.5. The Morgan fingerprint density at radius 1 is 1.33 bits per heavy atom. The highest BCUT2D eigenvalue weighted by molar-refractivity contribution is 7.13. The van der Waals surface area contributed by atoms with Crippen LogP contribution in [0.3, 0.4) is 0 Å². The van der Waals surface area contributed by atoms with E-state index in [0.29, 0.717) is 29.5 Å². The summed E-state index contributed by atoms with van der Waals surface area (Å²) in [5, 5.41) is 4.84. The molecule has 1 aliphatic heterocycles. The minimum absolute atomic E-state index is 0.123. The van der Waals surface area contributed by atoms with Gasteiger partial charge in [-0.25, -0.2) is 4.98 Å². The minimum Gasteiger partial charge on any atom is -0.440 e. The van der Waals surface area contributed by atoms with Crippen molar-refractivity contribution >= 4 is 34.5 Å². The molecule has 4 rings (SSSR count). The Kier molecular flexibility index (Phi) is 4.77. The molecule has 3 aromatic rings. The SMILES string of the molecule is Cc1oc(-c2cccs2)nc1CC(=O)Nc1cccc(N2CCCC2=O)c1. The number of anilines is 2. The molecular weight excluding hydrogens is 362 g/mol. The number of amides is 2. The summed E-state index contributed by atoms with van der Waals surface area (Å²) in [6.45, 7) is 2.53. The van der Waals surface area contributed by atoms with Gasteiger partial charge in [0.2, 0.25) is 17.7 Å². The van der Waals surface area contributed by atoms with Crippen LogP contribution in [0.2, 0.25) is 0 Å². The molecule has 2 aromatic heterocycles. The number of rotatable bonds is 5. The monoisotopic (exact) mass is 381 g/mol. The smallest absolute Gasteiger partial charge is 0.236 e. The maximum Gasteiger partial charge on any atom is 0.236 e.